The van der Waals surface area contributed by atoms with Gasteiger partial charge in [-0.1, -0.05) is 23.3 Å². The number of ether oxygens (including phenoxy) is 1. The molecule has 0 saturated carbocycles. The molecule has 12 nitrogen and oxygen atoms in total. The number of hydrogen-bond acceptors (Lipinski definition) is 9. The SMILES string of the molecule is [N-]=[N+]=NCCOc1ccc(-c2csc(N=NC(Cc3ccccc3[N+](=O)[O-])C(=O)O)n2)cc1. The molecule has 1 unspecified atom stereocenters. The number of azo groups is 1. The van der Waals surface area contributed by atoms with Gasteiger partial charge in [-0.2, -0.15) is 5.11 Å². The molecular weight excluding hydrogens is 450 g/mol. The number of carboxylic acids is 1. The van der Waals surface area contributed by atoms with Crippen molar-refractivity contribution in [2.75, 3.05) is 13.2 Å². The van der Waals surface area contributed by atoms with Crippen LogP contribution >= 0.6 is 11.3 Å². The van der Waals surface area contributed by atoms with Crippen molar-refractivity contribution in [3.8, 4) is 17.0 Å². The number of carboxylic acid groups (broad SMARTS) is 1. The van der Waals surface area contributed by atoms with Crippen molar-refractivity contribution in [3.63, 3.8) is 0 Å². The van der Waals surface area contributed by atoms with Crippen molar-refractivity contribution in [1.82, 2.24) is 4.98 Å². The summed E-state index contributed by atoms with van der Waals surface area (Å²) in [7, 11) is 0. The van der Waals surface area contributed by atoms with E-state index in [0.717, 1.165) is 5.56 Å². The summed E-state index contributed by atoms with van der Waals surface area (Å²) < 4.78 is 5.45. The van der Waals surface area contributed by atoms with Crippen LogP contribution in [0.4, 0.5) is 10.8 Å². The second-order valence-corrected chi connectivity index (χ2v) is 7.34. The zero-order chi connectivity index (χ0) is 23.6. The van der Waals surface area contributed by atoms with E-state index in [-0.39, 0.29) is 36.0 Å². The summed E-state index contributed by atoms with van der Waals surface area (Å²) in [5, 5.41) is 33.8. The van der Waals surface area contributed by atoms with Crippen molar-refractivity contribution in [2.45, 2.75) is 12.5 Å². The van der Waals surface area contributed by atoms with Gasteiger partial charge in [0.25, 0.3) is 5.69 Å². The topological polar surface area (TPSA) is 176 Å². The van der Waals surface area contributed by atoms with Gasteiger partial charge in [0.1, 0.15) is 5.75 Å². The Kier molecular flexibility index (Phi) is 8.00. The van der Waals surface area contributed by atoms with Crippen LogP contribution in [0.2, 0.25) is 0 Å². The molecule has 0 fully saturated rings. The maximum atomic E-state index is 11.6. The Bertz CT molecular complexity index is 1210. The van der Waals surface area contributed by atoms with E-state index in [4.69, 9.17) is 10.3 Å². The largest absolute Gasteiger partial charge is 0.493 e. The highest BCUT2D eigenvalue weighted by Gasteiger charge is 2.22. The molecule has 0 amide bonds. The number of carbonyl (C=O) groups is 1. The second kappa shape index (κ2) is 11.3. The smallest absolute Gasteiger partial charge is 0.330 e. The average Bonchev–Trinajstić information content (AvgIpc) is 3.29. The van der Waals surface area contributed by atoms with Crippen LogP contribution < -0.4 is 4.74 Å². The molecule has 1 N–H and O–H groups in total. The zero-order valence-electron chi connectivity index (χ0n) is 17.0. The lowest BCUT2D eigenvalue weighted by atomic mass is 10.0. The van der Waals surface area contributed by atoms with E-state index in [1.54, 1.807) is 35.7 Å². The van der Waals surface area contributed by atoms with E-state index in [9.17, 15) is 20.0 Å². The number of aromatic nitrogens is 1. The van der Waals surface area contributed by atoms with Gasteiger partial charge in [-0.05, 0) is 29.8 Å². The molecule has 0 aliphatic heterocycles. The first kappa shape index (κ1) is 23.3. The Morgan fingerprint density at radius 2 is 2.03 bits per heavy atom. The van der Waals surface area contributed by atoms with Crippen LogP contribution in [0.5, 0.6) is 5.75 Å². The Hall–Kier alpha value is -4.35. The normalized spacial score (nSPS) is 11.6. The molecule has 3 rings (SSSR count). The molecule has 0 bridgehead atoms. The van der Waals surface area contributed by atoms with Crippen molar-refractivity contribution in [3.05, 3.63) is 80.0 Å². The Balaban J connectivity index is 1.68. The molecule has 0 saturated heterocycles. The predicted octanol–water partition coefficient (Wildman–Crippen LogP) is 5.19. The fraction of sp³-hybridized carbons (Fsp3) is 0.200. The van der Waals surface area contributed by atoms with E-state index in [0.29, 0.717) is 11.4 Å². The van der Waals surface area contributed by atoms with Gasteiger partial charge in [0.15, 0.2) is 6.04 Å². The Morgan fingerprint density at radius 3 is 2.73 bits per heavy atom. The lowest BCUT2D eigenvalue weighted by molar-refractivity contribution is -0.385. The van der Waals surface area contributed by atoms with Gasteiger partial charge >= 0.3 is 5.97 Å². The van der Waals surface area contributed by atoms with Gasteiger partial charge in [0.2, 0.25) is 5.13 Å². The zero-order valence-corrected chi connectivity index (χ0v) is 17.8. The van der Waals surface area contributed by atoms with Crippen LogP contribution in [0.15, 0.2) is 69.3 Å². The number of para-hydroxylation sites is 1. The summed E-state index contributed by atoms with van der Waals surface area (Å²) in [5.41, 5.74) is 9.76. The number of aliphatic carboxylic acids is 1. The summed E-state index contributed by atoms with van der Waals surface area (Å²) in [6.07, 6.45) is -0.171. The fourth-order valence-electron chi connectivity index (χ4n) is 2.78. The van der Waals surface area contributed by atoms with Gasteiger partial charge in [-0.15, -0.1) is 16.5 Å². The average molecular weight is 467 g/mol. The van der Waals surface area contributed by atoms with Crippen molar-refractivity contribution in [1.29, 1.82) is 0 Å². The van der Waals surface area contributed by atoms with Crippen LogP contribution in [0.25, 0.3) is 21.7 Å². The monoisotopic (exact) mass is 467 g/mol. The highest BCUT2D eigenvalue weighted by atomic mass is 32.1. The first-order valence-electron chi connectivity index (χ1n) is 9.53. The van der Waals surface area contributed by atoms with Gasteiger partial charge in [-0.25, -0.2) is 9.78 Å². The number of hydrogen-bond donors (Lipinski definition) is 1. The van der Waals surface area contributed by atoms with Crippen LogP contribution in [0, 0.1) is 10.1 Å². The third-order valence-electron chi connectivity index (χ3n) is 4.33. The molecule has 2 aromatic carbocycles. The highest BCUT2D eigenvalue weighted by Crippen LogP contribution is 2.29. The van der Waals surface area contributed by atoms with Gasteiger partial charge in [-0.3, -0.25) is 10.1 Å². The third-order valence-corrected chi connectivity index (χ3v) is 5.06. The summed E-state index contributed by atoms with van der Waals surface area (Å²) in [5.74, 6) is -0.633. The number of nitrogens with zero attached hydrogens (tertiary/aromatic N) is 7. The third kappa shape index (κ3) is 6.56. The molecule has 3 aromatic rings. The van der Waals surface area contributed by atoms with Crippen LogP contribution in [0.3, 0.4) is 0 Å². The van der Waals surface area contributed by atoms with E-state index in [1.807, 2.05) is 0 Å². The minimum atomic E-state index is -1.29. The molecular formula is C20H17N7O5S. The number of azide groups is 1. The molecule has 1 heterocycles. The van der Waals surface area contributed by atoms with Crippen LogP contribution in [-0.4, -0.2) is 40.2 Å². The van der Waals surface area contributed by atoms with Crippen LogP contribution in [-0.2, 0) is 11.2 Å². The fourth-order valence-corrected chi connectivity index (χ4v) is 3.43. The van der Waals surface area contributed by atoms with E-state index in [2.05, 4.69) is 25.2 Å². The summed E-state index contributed by atoms with van der Waals surface area (Å²) in [4.78, 5) is 29.2. The molecule has 0 spiro atoms. The Morgan fingerprint density at radius 1 is 1.27 bits per heavy atom. The molecule has 0 aliphatic rings. The maximum Gasteiger partial charge on any atom is 0.330 e. The van der Waals surface area contributed by atoms with Gasteiger partial charge < -0.3 is 9.84 Å². The minimum Gasteiger partial charge on any atom is -0.493 e. The molecule has 33 heavy (non-hydrogen) atoms. The minimum absolute atomic E-state index is 0.166. The van der Waals surface area contributed by atoms with E-state index < -0.39 is 16.9 Å². The number of benzene rings is 2. The first-order valence-corrected chi connectivity index (χ1v) is 10.4. The molecule has 1 atom stereocenters. The quantitative estimate of drug-likeness (QED) is 0.101. The predicted molar refractivity (Wildman–Crippen MR) is 120 cm³/mol. The molecule has 1 aromatic heterocycles. The summed E-state index contributed by atoms with van der Waals surface area (Å²) in [6.45, 7) is 0.495. The number of rotatable bonds is 11. The van der Waals surface area contributed by atoms with Gasteiger partial charge in [0.05, 0.1) is 23.8 Å². The van der Waals surface area contributed by atoms with Crippen LogP contribution in [0.1, 0.15) is 5.56 Å². The van der Waals surface area contributed by atoms with Gasteiger partial charge in [0, 0.05) is 33.9 Å². The number of nitro benzene ring substituents is 1. The van der Waals surface area contributed by atoms with Crippen molar-refractivity contribution in [2.24, 2.45) is 15.3 Å². The molecule has 13 heteroatoms. The van der Waals surface area contributed by atoms with E-state index >= 15 is 0 Å². The molecule has 0 radical (unpaired) electrons. The maximum absolute atomic E-state index is 11.6. The first-order chi connectivity index (χ1) is 16.0. The number of thiazole rings is 1. The molecule has 168 valence electrons. The Labute approximate surface area is 191 Å². The standard InChI is InChI=1S/C20H17N7O5S/c21-26-22-9-10-32-15-7-5-13(6-8-15)17-12-33-20(23-17)25-24-16(19(28)29)11-14-3-1-2-4-18(14)27(30)31/h1-8,12,16H,9-11H2,(H,28,29). The lowest BCUT2D eigenvalue weighted by Gasteiger charge is -2.06. The second-order valence-electron chi connectivity index (χ2n) is 6.50. The lowest BCUT2D eigenvalue weighted by Crippen LogP contribution is -2.20. The number of nitro groups is 1. The van der Waals surface area contributed by atoms with Crippen molar-refractivity contribution >= 4 is 28.1 Å². The summed E-state index contributed by atoms with van der Waals surface area (Å²) >= 11 is 1.19. The highest BCUT2D eigenvalue weighted by molar-refractivity contribution is 7.13. The molecule has 0 aliphatic carbocycles. The van der Waals surface area contributed by atoms with E-state index in [1.165, 1.54) is 29.5 Å². The van der Waals surface area contributed by atoms with Crippen molar-refractivity contribution < 1.29 is 19.6 Å². The summed E-state index contributed by atoms with van der Waals surface area (Å²) in [6, 6.07) is 11.7.